The number of para-hydroxylation sites is 1. The second-order valence-electron chi connectivity index (χ2n) is 4.71. The predicted molar refractivity (Wildman–Crippen MR) is 80.4 cm³/mol. The summed E-state index contributed by atoms with van der Waals surface area (Å²) in [5.41, 5.74) is 1.49. The molecule has 0 saturated heterocycles. The lowest BCUT2D eigenvalue weighted by molar-refractivity contribution is 0.0938. The van der Waals surface area contributed by atoms with Crippen LogP contribution >= 0.6 is 11.6 Å². The molecule has 1 amide bonds. The molecule has 0 radical (unpaired) electrons. The summed E-state index contributed by atoms with van der Waals surface area (Å²) in [7, 11) is 0. The van der Waals surface area contributed by atoms with Crippen LogP contribution in [0.4, 0.5) is 0 Å². The number of hydrogen-bond donors (Lipinski definition) is 1. The zero-order valence-corrected chi connectivity index (χ0v) is 12.2. The van der Waals surface area contributed by atoms with E-state index in [1.54, 1.807) is 17.1 Å². The van der Waals surface area contributed by atoms with E-state index in [-0.39, 0.29) is 11.9 Å². The maximum Gasteiger partial charge on any atom is 0.254 e. The molecule has 0 spiro atoms. The van der Waals surface area contributed by atoms with E-state index < -0.39 is 0 Å². The van der Waals surface area contributed by atoms with Gasteiger partial charge in [-0.1, -0.05) is 18.2 Å². The van der Waals surface area contributed by atoms with Crippen molar-refractivity contribution < 1.29 is 4.79 Å². The average Bonchev–Trinajstić information content (AvgIpc) is 2.96. The summed E-state index contributed by atoms with van der Waals surface area (Å²) in [6.45, 7) is 1.98. The Morgan fingerprint density at radius 1 is 1.40 bits per heavy atom. The number of nitrogens with one attached hydrogen (secondary N) is 1. The van der Waals surface area contributed by atoms with Crippen molar-refractivity contribution in [2.75, 3.05) is 5.88 Å². The molecule has 0 fully saturated rings. The Balaban J connectivity index is 2.00. The second kappa shape index (κ2) is 7.10. The number of carbonyl (C=O) groups excluding carboxylic acids is 1. The minimum Gasteiger partial charge on any atom is -0.349 e. The van der Waals surface area contributed by atoms with Crippen LogP contribution in [0.3, 0.4) is 0 Å². The van der Waals surface area contributed by atoms with Crippen LogP contribution in [0.1, 0.15) is 30.1 Å². The predicted octanol–water partition coefficient (Wildman–Crippen LogP) is 3.01. The molecule has 1 aromatic carbocycles. The fourth-order valence-corrected chi connectivity index (χ4v) is 2.08. The minimum atomic E-state index is -0.103. The molecule has 0 aliphatic carbocycles. The zero-order valence-electron chi connectivity index (χ0n) is 11.4. The first-order valence-corrected chi connectivity index (χ1v) is 7.21. The summed E-state index contributed by atoms with van der Waals surface area (Å²) in [5, 5.41) is 7.16. The van der Waals surface area contributed by atoms with Crippen molar-refractivity contribution >= 4 is 17.5 Å². The van der Waals surface area contributed by atoms with Crippen molar-refractivity contribution in [2.24, 2.45) is 0 Å². The summed E-state index contributed by atoms with van der Waals surface area (Å²) >= 11 is 5.64. The first-order valence-electron chi connectivity index (χ1n) is 6.67. The highest BCUT2D eigenvalue weighted by atomic mass is 35.5. The van der Waals surface area contributed by atoms with Crippen molar-refractivity contribution in [1.82, 2.24) is 15.1 Å². The molecule has 1 aromatic heterocycles. The molecule has 1 atom stereocenters. The van der Waals surface area contributed by atoms with Gasteiger partial charge >= 0.3 is 0 Å². The van der Waals surface area contributed by atoms with Gasteiger partial charge in [-0.25, -0.2) is 4.68 Å². The molecule has 5 heteroatoms. The Bertz CT molecular complexity index is 553. The maximum absolute atomic E-state index is 12.1. The van der Waals surface area contributed by atoms with E-state index in [4.69, 9.17) is 11.6 Å². The van der Waals surface area contributed by atoms with Gasteiger partial charge in [-0.15, -0.1) is 11.6 Å². The van der Waals surface area contributed by atoms with Gasteiger partial charge in [-0.3, -0.25) is 4.79 Å². The van der Waals surface area contributed by atoms with Gasteiger partial charge < -0.3 is 5.32 Å². The van der Waals surface area contributed by atoms with Crippen LogP contribution in [0.25, 0.3) is 5.69 Å². The Kier molecular flexibility index (Phi) is 5.18. The molecule has 2 aromatic rings. The molecule has 0 bridgehead atoms. The number of aromatic nitrogens is 2. The summed E-state index contributed by atoms with van der Waals surface area (Å²) in [5.74, 6) is 0.515. The van der Waals surface area contributed by atoms with Crippen LogP contribution in [0.2, 0.25) is 0 Å². The lowest BCUT2D eigenvalue weighted by atomic mass is 10.2. The van der Waals surface area contributed by atoms with Crippen molar-refractivity contribution in [2.45, 2.75) is 25.8 Å². The third-order valence-electron chi connectivity index (χ3n) is 3.01. The van der Waals surface area contributed by atoms with Crippen LogP contribution in [0.15, 0.2) is 42.7 Å². The number of nitrogens with zero attached hydrogens (tertiary/aromatic N) is 2. The number of halogens is 1. The van der Waals surface area contributed by atoms with Crippen LogP contribution in [-0.2, 0) is 0 Å². The molecule has 20 heavy (non-hydrogen) atoms. The minimum absolute atomic E-state index is 0.103. The molecular weight excluding hydrogens is 274 g/mol. The molecule has 0 aliphatic heterocycles. The fraction of sp³-hybridized carbons (Fsp3) is 0.333. The molecule has 106 valence electrons. The van der Waals surface area contributed by atoms with Crippen molar-refractivity contribution in [3.63, 3.8) is 0 Å². The van der Waals surface area contributed by atoms with E-state index in [2.05, 4.69) is 10.4 Å². The Labute approximate surface area is 123 Å². The highest BCUT2D eigenvalue weighted by Crippen LogP contribution is 2.08. The van der Waals surface area contributed by atoms with Crippen LogP contribution < -0.4 is 5.32 Å². The standard InChI is InChI=1S/C15H18ClN3O/c1-12(6-5-9-16)18-15(20)13-10-17-19(11-13)14-7-3-2-4-8-14/h2-4,7-8,10-12H,5-6,9H2,1H3,(H,18,20). The van der Waals surface area contributed by atoms with Crippen molar-refractivity contribution in [3.05, 3.63) is 48.3 Å². The van der Waals surface area contributed by atoms with Gasteiger partial charge in [-0.05, 0) is 31.9 Å². The molecule has 1 unspecified atom stereocenters. The van der Waals surface area contributed by atoms with Crippen LogP contribution in [-0.4, -0.2) is 27.6 Å². The van der Waals surface area contributed by atoms with Crippen LogP contribution in [0.5, 0.6) is 0 Å². The van der Waals surface area contributed by atoms with E-state index in [1.165, 1.54) is 0 Å². The van der Waals surface area contributed by atoms with E-state index >= 15 is 0 Å². The average molecular weight is 292 g/mol. The summed E-state index contributed by atoms with van der Waals surface area (Å²) in [4.78, 5) is 12.1. The highest BCUT2D eigenvalue weighted by molar-refractivity contribution is 6.17. The highest BCUT2D eigenvalue weighted by Gasteiger charge is 2.12. The number of rotatable bonds is 6. The first kappa shape index (κ1) is 14.6. The van der Waals surface area contributed by atoms with Crippen molar-refractivity contribution in [3.8, 4) is 5.69 Å². The second-order valence-corrected chi connectivity index (χ2v) is 5.09. The normalized spacial score (nSPS) is 12.1. The SMILES string of the molecule is CC(CCCCl)NC(=O)c1cnn(-c2ccccc2)c1. The largest absolute Gasteiger partial charge is 0.349 e. The topological polar surface area (TPSA) is 46.9 Å². The monoisotopic (exact) mass is 291 g/mol. The summed E-state index contributed by atoms with van der Waals surface area (Å²) in [6, 6.07) is 9.81. The van der Waals surface area contributed by atoms with Gasteiger partial charge in [0.1, 0.15) is 0 Å². The van der Waals surface area contributed by atoms with E-state index in [1.807, 2.05) is 37.3 Å². The van der Waals surface area contributed by atoms with Gasteiger partial charge in [0.2, 0.25) is 0 Å². The molecule has 0 saturated carbocycles. The lowest BCUT2D eigenvalue weighted by Gasteiger charge is -2.11. The van der Waals surface area contributed by atoms with Crippen molar-refractivity contribution in [1.29, 1.82) is 0 Å². The molecule has 4 nitrogen and oxygen atoms in total. The third-order valence-corrected chi connectivity index (χ3v) is 3.28. The fourth-order valence-electron chi connectivity index (χ4n) is 1.92. The van der Waals surface area contributed by atoms with E-state index in [0.29, 0.717) is 11.4 Å². The van der Waals surface area contributed by atoms with Gasteiger partial charge in [0, 0.05) is 18.1 Å². The summed E-state index contributed by atoms with van der Waals surface area (Å²) in [6.07, 6.45) is 5.09. The Morgan fingerprint density at radius 2 is 2.15 bits per heavy atom. The number of amides is 1. The van der Waals surface area contributed by atoms with Crippen LogP contribution in [0, 0.1) is 0 Å². The third kappa shape index (κ3) is 3.84. The molecule has 1 heterocycles. The van der Waals surface area contributed by atoms with Gasteiger partial charge in [0.25, 0.3) is 5.91 Å². The Morgan fingerprint density at radius 3 is 2.85 bits per heavy atom. The summed E-state index contributed by atoms with van der Waals surface area (Å²) < 4.78 is 1.69. The number of alkyl halides is 1. The number of hydrogen-bond acceptors (Lipinski definition) is 2. The van der Waals surface area contributed by atoms with E-state index in [9.17, 15) is 4.79 Å². The lowest BCUT2D eigenvalue weighted by Crippen LogP contribution is -2.32. The number of carbonyl (C=O) groups is 1. The molecule has 2 rings (SSSR count). The smallest absolute Gasteiger partial charge is 0.254 e. The molecular formula is C15H18ClN3O. The maximum atomic E-state index is 12.1. The van der Waals surface area contributed by atoms with Gasteiger partial charge in [0.05, 0.1) is 17.4 Å². The molecule has 1 N–H and O–H groups in total. The first-order chi connectivity index (χ1) is 9.70. The van der Waals surface area contributed by atoms with Gasteiger partial charge in [-0.2, -0.15) is 5.10 Å². The Hall–Kier alpha value is -1.81. The number of benzene rings is 1. The molecule has 0 aliphatic rings. The van der Waals surface area contributed by atoms with Gasteiger partial charge in [0.15, 0.2) is 0 Å². The van der Waals surface area contributed by atoms with E-state index in [0.717, 1.165) is 18.5 Å². The zero-order chi connectivity index (χ0) is 14.4. The quantitative estimate of drug-likeness (QED) is 0.832.